The molecule has 0 bridgehead atoms. The van der Waals surface area contributed by atoms with Crippen LogP contribution in [0, 0.1) is 0 Å². The average Bonchev–Trinajstić information content (AvgIpc) is 2.84. The Morgan fingerprint density at radius 1 is 1.44 bits per heavy atom. The van der Waals surface area contributed by atoms with Gasteiger partial charge in [-0.1, -0.05) is 18.2 Å². The number of hydrogen-bond acceptors (Lipinski definition) is 4. The molecular weight excluding hydrogens is 248 g/mol. The van der Waals surface area contributed by atoms with Crippen LogP contribution < -0.4 is 5.32 Å². The first kappa shape index (κ1) is 12.3. The highest BCUT2D eigenvalue weighted by atomic mass is 32.1. The molecule has 0 aliphatic rings. The summed E-state index contributed by atoms with van der Waals surface area (Å²) in [5.74, 6) is 0.0897. The summed E-state index contributed by atoms with van der Waals surface area (Å²) >= 11 is 1.32. The van der Waals surface area contributed by atoms with Crippen LogP contribution >= 0.6 is 11.3 Å². The number of hydrogen-bond donors (Lipinski definition) is 2. The smallest absolute Gasteiger partial charge is 0.262 e. The molecule has 2 N–H and O–H groups in total. The van der Waals surface area contributed by atoms with E-state index >= 15 is 0 Å². The predicted octanol–water partition coefficient (Wildman–Crippen LogP) is 2.38. The Hall–Kier alpha value is -2.14. The van der Waals surface area contributed by atoms with Crippen molar-refractivity contribution in [1.82, 2.24) is 10.3 Å². The molecule has 0 radical (unpaired) electrons. The molecule has 18 heavy (non-hydrogen) atoms. The van der Waals surface area contributed by atoms with Gasteiger partial charge in [-0.2, -0.15) is 0 Å². The molecule has 1 amide bonds. The normalized spacial score (nSPS) is 10.7. The van der Waals surface area contributed by atoms with E-state index in [1.54, 1.807) is 31.4 Å². The molecule has 0 saturated heterocycles. The standard InChI is InChI=1S/C13H12N2O2S/c1-14-13(17)11-8-15-12(18-11)6-5-9-3-2-4-10(16)7-9/h2-8,16H,1H3,(H,14,17). The molecule has 0 fully saturated rings. The lowest BCUT2D eigenvalue weighted by molar-refractivity contribution is 0.0967. The second kappa shape index (κ2) is 5.46. The monoisotopic (exact) mass is 260 g/mol. The number of amides is 1. The van der Waals surface area contributed by atoms with Crippen LogP contribution in [0.5, 0.6) is 5.75 Å². The lowest BCUT2D eigenvalue weighted by Crippen LogP contribution is -2.16. The third kappa shape index (κ3) is 2.95. The van der Waals surface area contributed by atoms with Crippen molar-refractivity contribution in [1.29, 1.82) is 0 Å². The number of phenolic OH excluding ortho intramolecular Hbond substituents is 1. The number of aromatic hydroxyl groups is 1. The van der Waals surface area contributed by atoms with Gasteiger partial charge in [-0.15, -0.1) is 11.3 Å². The van der Waals surface area contributed by atoms with E-state index in [9.17, 15) is 9.90 Å². The molecule has 1 aromatic heterocycles. The fraction of sp³-hybridized carbons (Fsp3) is 0.0769. The van der Waals surface area contributed by atoms with E-state index in [1.807, 2.05) is 18.2 Å². The first-order valence-corrected chi connectivity index (χ1v) is 6.16. The lowest BCUT2D eigenvalue weighted by Gasteiger charge is -1.93. The molecule has 2 rings (SSSR count). The summed E-state index contributed by atoms with van der Waals surface area (Å²) in [4.78, 5) is 16.1. The molecule has 0 spiro atoms. The Balaban J connectivity index is 2.14. The van der Waals surface area contributed by atoms with Gasteiger partial charge in [0.1, 0.15) is 15.6 Å². The Morgan fingerprint density at radius 3 is 3.00 bits per heavy atom. The van der Waals surface area contributed by atoms with E-state index < -0.39 is 0 Å². The van der Waals surface area contributed by atoms with Gasteiger partial charge in [0.15, 0.2) is 0 Å². The SMILES string of the molecule is CNC(=O)c1cnc(C=Cc2cccc(O)c2)s1. The minimum absolute atomic E-state index is 0.135. The number of nitrogens with one attached hydrogen (secondary N) is 1. The topological polar surface area (TPSA) is 62.2 Å². The van der Waals surface area contributed by atoms with E-state index in [0.29, 0.717) is 4.88 Å². The highest BCUT2D eigenvalue weighted by Gasteiger charge is 2.06. The van der Waals surface area contributed by atoms with Crippen LogP contribution in [0.25, 0.3) is 12.2 Å². The fourth-order valence-electron chi connectivity index (χ4n) is 1.39. The molecule has 1 aromatic carbocycles. The maximum Gasteiger partial charge on any atom is 0.262 e. The van der Waals surface area contributed by atoms with Gasteiger partial charge in [0.2, 0.25) is 0 Å². The second-order valence-corrected chi connectivity index (χ2v) is 4.63. The number of rotatable bonds is 3. The van der Waals surface area contributed by atoms with Crippen LogP contribution in [-0.4, -0.2) is 23.0 Å². The first-order chi connectivity index (χ1) is 8.69. The molecule has 0 aliphatic carbocycles. The highest BCUT2D eigenvalue weighted by molar-refractivity contribution is 7.14. The zero-order valence-corrected chi connectivity index (χ0v) is 10.6. The Kier molecular flexibility index (Phi) is 3.74. The average molecular weight is 260 g/mol. The quantitative estimate of drug-likeness (QED) is 0.890. The van der Waals surface area contributed by atoms with Crippen LogP contribution in [0.4, 0.5) is 0 Å². The van der Waals surface area contributed by atoms with E-state index in [1.165, 1.54) is 11.3 Å². The minimum Gasteiger partial charge on any atom is -0.508 e. The zero-order chi connectivity index (χ0) is 13.0. The van der Waals surface area contributed by atoms with Gasteiger partial charge < -0.3 is 10.4 Å². The highest BCUT2D eigenvalue weighted by Crippen LogP contribution is 2.17. The van der Waals surface area contributed by atoms with Gasteiger partial charge in [-0.25, -0.2) is 4.98 Å². The van der Waals surface area contributed by atoms with Crippen molar-refractivity contribution in [3.63, 3.8) is 0 Å². The third-order valence-electron chi connectivity index (χ3n) is 2.26. The number of nitrogens with zero attached hydrogens (tertiary/aromatic N) is 1. The van der Waals surface area contributed by atoms with Gasteiger partial charge in [-0.3, -0.25) is 4.79 Å². The summed E-state index contributed by atoms with van der Waals surface area (Å²) < 4.78 is 0. The molecule has 0 unspecified atom stereocenters. The molecule has 5 heteroatoms. The van der Waals surface area contributed by atoms with Crippen LogP contribution in [0.3, 0.4) is 0 Å². The predicted molar refractivity (Wildman–Crippen MR) is 72.5 cm³/mol. The summed E-state index contributed by atoms with van der Waals surface area (Å²) in [6.07, 6.45) is 5.20. The van der Waals surface area contributed by atoms with Crippen molar-refractivity contribution in [3.05, 3.63) is 45.9 Å². The van der Waals surface area contributed by atoms with Crippen molar-refractivity contribution in [2.24, 2.45) is 0 Å². The molecule has 0 aliphatic heterocycles. The summed E-state index contributed by atoms with van der Waals surface area (Å²) in [6, 6.07) is 6.92. The van der Waals surface area contributed by atoms with Gasteiger partial charge >= 0.3 is 0 Å². The second-order valence-electron chi connectivity index (χ2n) is 3.57. The van der Waals surface area contributed by atoms with Crippen LogP contribution in [0.1, 0.15) is 20.2 Å². The number of carbonyl (C=O) groups excluding carboxylic acids is 1. The van der Waals surface area contributed by atoms with Crippen molar-refractivity contribution in [3.8, 4) is 5.75 Å². The van der Waals surface area contributed by atoms with Crippen LogP contribution in [-0.2, 0) is 0 Å². The molecule has 1 heterocycles. The molecule has 0 atom stereocenters. The van der Waals surface area contributed by atoms with Crippen molar-refractivity contribution < 1.29 is 9.90 Å². The lowest BCUT2D eigenvalue weighted by atomic mass is 10.2. The number of aromatic nitrogens is 1. The fourth-order valence-corrected chi connectivity index (χ4v) is 2.16. The Morgan fingerprint density at radius 2 is 2.28 bits per heavy atom. The third-order valence-corrected chi connectivity index (χ3v) is 3.22. The van der Waals surface area contributed by atoms with Crippen LogP contribution in [0.15, 0.2) is 30.5 Å². The summed E-state index contributed by atoms with van der Waals surface area (Å²) in [5.41, 5.74) is 0.881. The Labute approximate surface area is 109 Å². The number of phenols is 1. The Bertz CT molecular complexity index is 590. The summed E-state index contributed by atoms with van der Waals surface area (Å²) in [7, 11) is 1.59. The summed E-state index contributed by atoms with van der Waals surface area (Å²) in [5, 5.41) is 12.6. The maximum atomic E-state index is 11.3. The molecule has 4 nitrogen and oxygen atoms in total. The van der Waals surface area contributed by atoms with E-state index in [2.05, 4.69) is 10.3 Å². The largest absolute Gasteiger partial charge is 0.508 e. The van der Waals surface area contributed by atoms with Gasteiger partial charge in [0, 0.05) is 7.05 Å². The summed E-state index contributed by atoms with van der Waals surface area (Å²) in [6.45, 7) is 0. The zero-order valence-electron chi connectivity index (χ0n) is 9.75. The van der Waals surface area contributed by atoms with Crippen LogP contribution in [0.2, 0.25) is 0 Å². The maximum absolute atomic E-state index is 11.3. The minimum atomic E-state index is -0.135. The number of thiazole rings is 1. The number of benzene rings is 1. The molecular formula is C13H12N2O2S. The van der Waals surface area contributed by atoms with Gasteiger partial charge in [0.05, 0.1) is 6.20 Å². The van der Waals surface area contributed by atoms with E-state index in [0.717, 1.165) is 10.6 Å². The molecule has 2 aromatic rings. The molecule has 92 valence electrons. The molecule has 0 saturated carbocycles. The van der Waals surface area contributed by atoms with Crippen molar-refractivity contribution in [2.45, 2.75) is 0 Å². The van der Waals surface area contributed by atoms with Gasteiger partial charge in [-0.05, 0) is 23.8 Å². The van der Waals surface area contributed by atoms with Gasteiger partial charge in [0.25, 0.3) is 5.91 Å². The first-order valence-electron chi connectivity index (χ1n) is 5.34. The van der Waals surface area contributed by atoms with E-state index in [4.69, 9.17) is 0 Å². The van der Waals surface area contributed by atoms with Crippen molar-refractivity contribution in [2.75, 3.05) is 7.05 Å². The number of carbonyl (C=O) groups is 1. The van der Waals surface area contributed by atoms with Crippen molar-refractivity contribution >= 4 is 29.4 Å². The van der Waals surface area contributed by atoms with E-state index in [-0.39, 0.29) is 11.7 Å².